The highest BCUT2D eigenvalue weighted by Crippen LogP contribution is 2.29. The second-order valence-corrected chi connectivity index (χ2v) is 10.1. The Labute approximate surface area is 220 Å². The lowest BCUT2D eigenvalue weighted by Crippen LogP contribution is -2.51. The second kappa shape index (κ2) is 9.87. The van der Waals surface area contributed by atoms with Crippen molar-refractivity contribution in [2.24, 2.45) is 13.0 Å². The number of carbonyl (C=O) groups excluding carboxylic acids is 1. The highest BCUT2D eigenvalue weighted by molar-refractivity contribution is 5.83. The van der Waals surface area contributed by atoms with Crippen molar-refractivity contribution >= 4 is 17.2 Å². The lowest BCUT2D eigenvalue weighted by Gasteiger charge is -2.38. The molecule has 2 fully saturated rings. The lowest BCUT2D eigenvalue weighted by atomic mass is 9.95. The standard InChI is InChI=1S/C27H30N10O/c1-33-7-5-19(6-8-33)27(38)36-11-9-35(10-12-36)24-4-3-20(14-29-24)25-26-21(13-28)15-31-37(26)18-23(32-25)22-16-30-34(2)17-22/h3-4,14-19H,5-12H2,1-2H3. The van der Waals surface area contributed by atoms with Gasteiger partial charge in [0, 0.05) is 62.7 Å². The Kier molecular flexibility index (Phi) is 6.25. The first-order chi connectivity index (χ1) is 18.5. The monoisotopic (exact) mass is 510 g/mol. The number of likely N-dealkylation sites (tertiary alicyclic amines) is 1. The van der Waals surface area contributed by atoms with Crippen molar-refractivity contribution in [1.82, 2.24) is 39.2 Å². The third kappa shape index (κ3) is 4.48. The predicted octanol–water partition coefficient (Wildman–Crippen LogP) is 2.05. The van der Waals surface area contributed by atoms with Gasteiger partial charge in [-0.2, -0.15) is 15.5 Å². The van der Waals surface area contributed by atoms with Gasteiger partial charge in [0.1, 0.15) is 23.0 Å². The molecule has 0 bridgehead atoms. The smallest absolute Gasteiger partial charge is 0.225 e. The number of piperazine rings is 1. The van der Waals surface area contributed by atoms with E-state index in [1.54, 1.807) is 27.8 Å². The molecule has 38 heavy (non-hydrogen) atoms. The van der Waals surface area contributed by atoms with Gasteiger partial charge in [-0.1, -0.05) is 0 Å². The number of pyridine rings is 1. The summed E-state index contributed by atoms with van der Waals surface area (Å²) in [5.74, 6) is 1.33. The molecule has 2 aliphatic heterocycles. The number of carbonyl (C=O) groups is 1. The third-order valence-corrected chi connectivity index (χ3v) is 7.62. The molecule has 11 nitrogen and oxygen atoms in total. The quantitative estimate of drug-likeness (QED) is 0.410. The van der Waals surface area contributed by atoms with E-state index in [2.05, 4.69) is 33.1 Å². The topological polar surface area (TPSA) is 111 Å². The Balaban J connectivity index is 1.21. The van der Waals surface area contributed by atoms with Crippen molar-refractivity contribution in [3.05, 3.63) is 48.7 Å². The summed E-state index contributed by atoms with van der Waals surface area (Å²) in [4.78, 5) is 29.2. The van der Waals surface area contributed by atoms with Crippen LogP contribution in [0.5, 0.6) is 0 Å². The van der Waals surface area contributed by atoms with Crippen LogP contribution in [-0.4, -0.2) is 91.4 Å². The van der Waals surface area contributed by atoms with Crippen LogP contribution in [0.15, 0.2) is 43.1 Å². The summed E-state index contributed by atoms with van der Waals surface area (Å²) >= 11 is 0. The number of hydrogen-bond donors (Lipinski definition) is 0. The number of rotatable bonds is 4. The lowest BCUT2D eigenvalue weighted by molar-refractivity contribution is -0.137. The largest absolute Gasteiger partial charge is 0.353 e. The van der Waals surface area contributed by atoms with Crippen LogP contribution in [0.2, 0.25) is 0 Å². The van der Waals surface area contributed by atoms with Gasteiger partial charge in [-0.25, -0.2) is 14.5 Å². The summed E-state index contributed by atoms with van der Waals surface area (Å²) in [7, 11) is 3.98. The molecule has 6 heterocycles. The van der Waals surface area contributed by atoms with Crippen LogP contribution in [0.4, 0.5) is 5.82 Å². The first kappa shape index (κ1) is 24.1. The molecule has 6 rings (SSSR count). The first-order valence-electron chi connectivity index (χ1n) is 13.0. The minimum Gasteiger partial charge on any atom is -0.353 e. The molecule has 2 aliphatic rings. The van der Waals surface area contributed by atoms with E-state index in [1.165, 1.54) is 0 Å². The van der Waals surface area contributed by atoms with E-state index < -0.39 is 0 Å². The fourth-order valence-corrected chi connectivity index (χ4v) is 5.37. The molecule has 194 valence electrons. The van der Waals surface area contributed by atoms with E-state index in [9.17, 15) is 10.1 Å². The number of fused-ring (bicyclic) bond motifs is 1. The van der Waals surface area contributed by atoms with Gasteiger partial charge < -0.3 is 14.7 Å². The Hall–Kier alpha value is -4.30. The molecule has 11 heteroatoms. The fraction of sp³-hybridized carbons (Fsp3) is 0.407. The van der Waals surface area contributed by atoms with Gasteiger partial charge >= 0.3 is 0 Å². The maximum absolute atomic E-state index is 13.0. The van der Waals surface area contributed by atoms with Gasteiger partial charge in [0.05, 0.1) is 30.0 Å². The molecular formula is C27H30N10O. The molecule has 0 N–H and O–H groups in total. The minimum absolute atomic E-state index is 0.156. The Bertz CT molecular complexity index is 1500. The zero-order valence-corrected chi connectivity index (χ0v) is 21.7. The summed E-state index contributed by atoms with van der Waals surface area (Å²) in [5, 5.41) is 18.3. The number of nitrogens with zero attached hydrogens (tertiary/aromatic N) is 10. The molecule has 1 amide bonds. The normalized spacial score (nSPS) is 17.2. The molecular weight excluding hydrogens is 480 g/mol. The van der Waals surface area contributed by atoms with Crippen molar-refractivity contribution in [3.63, 3.8) is 0 Å². The summed E-state index contributed by atoms with van der Waals surface area (Å²) in [6, 6.07) is 6.20. The summed E-state index contributed by atoms with van der Waals surface area (Å²) in [6.07, 6.45) is 10.7. The zero-order chi connectivity index (χ0) is 26.2. The van der Waals surface area contributed by atoms with E-state index in [1.807, 2.05) is 36.5 Å². The fourth-order valence-electron chi connectivity index (χ4n) is 5.37. The third-order valence-electron chi connectivity index (χ3n) is 7.62. The van der Waals surface area contributed by atoms with Crippen LogP contribution in [-0.2, 0) is 11.8 Å². The van der Waals surface area contributed by atoms with Crippen molar-refractivity contribution in [2.75, 3.05) is 51.2 Å². The number of aryl methyl sites for hydroxylation is 1. The van der Waals surface area contributed by atoms with E-state index >= 15 is 0 Å². The van der Waals surface area contributed by atoms with Crippen molar-refractivity contribution < 1.29 is 4.79 Å². The van der Waals surface area contributed by atoms with Crippen LogP contribution in [0.25, 0.3) is 28.0 Å². The SMILES string of the molecule is CN1CCC(C(=O)N2CCN(c3ccc(-c4nc(-c5cnn(C)c5)cn5ncc(C#N)c45)cn3)CC2)CC1. The minimum atomic E-state index is 0.156. The summed E-state index contributed by atoms with van der Waals surface area (Å²) < 4.78 is 3.42. The second-order valence-electron chi connectivity index (χ2n) is 10.1. The molecule has 2 saturated heterocycles. The van der Waals surface area contributed by atoms with Crippen LogP contribution in [0.1, 0.15) is 18.4 Å². The van der Waals surface area contributed by atoms with Gasteiger partial charge in [0.2, 0.25) is 5.91 Å². The molecule has 0 atom stereocenters. The van der Waals surface area contributed by atoms with Gasteiger partial charge in [0.15, 0.2) is 0 Å². The Morgan fingerprint density at radius 1 is 0.947 bits per heavy atom. The number of aromatic nitrogens is 6. The highest BCUT2D eigenvalue weighted by atomic mass is 16.2. The van der Waals surface area contributed by atoms with Crippen LogP contribution >= 0.6 is 0 Å². The molecule has 4 aromatic rings. The molecule has 0 saturated carbocycles. The van der Waals surface area contributed by atoms with Crippen molar-refractivity contribution in [2.45, 2.75) is 12.8 Å². The molecule has 4 aromatic heterocycles. The number of piperidine rings is 1. The van der Waals surface area contributed by atoms with Gasteiger partial charge in [0.25, 0.3) is 0 Å². The maximum atomic E-state index is 13.0. The highest BCUT2D eigenvalue weighted by Gasteiger charge is 2.30. The van der Waals surface area contributed by atoms with Crippen LogP contribution in [0, 0.1) is 17.2 Å². The summed E-state index contributed by atoms with van der Waals surface area (Å²) in [5.41, 5.74) is 4.13. The van der Waals surface area contributed by atoms with E-state index in [4.69, 9.17) is 9.97 Å². The van der Waals surface area contributed by atoms with Crippen molar-refractivity contribution in [3.8, 4) is 28.6 Å². The predicted molar refractivity (Wildman–Crippen MR) is 142 cm³/mol. The van der Waals surface area contributed by atoms with E-state index in [0.29, 0.717) is 41.5 Å². The molecule has 0 radical (unpaired) electrons. The van der Waals surface area contributed by atoms with Gasteiger partial charge in [-0.3, -0.25) is 9.48 Å². The van der Waals surface area contributed by atoms with E-state index in [0.717, 1.165) is 56.0 Å². The number of nitriles is 1. The Morgan fingerprint density at radius 3 is 2.39 bits per heavy atom. The van der Waals surface area contributed by atoms with Crippen LogP contribution < -0.4 is 4.90 Å². The zero-order valence-electron chi connectivity index (χ0n) is 21.7. The van der Waals surface area contributed by atoms with Crippen LogP contribution in [0.3, 0.4) is 0 Å². The number of amides is 1. The number of hydrogen-bond acceptors (Lipinski definition) is 8. The number of anilines is 1. The van der Waals surface area contributed by atoms with Gasteiger partial charge in [-0.05, 0) is 45.1 Å². The maximum Gasteiger partial charge on any atom is 0.225 e. The van der Waals surface area contributed by atoms with Crippen molar-refractivity contribution in [1.29, 1.82) is 5.26 Å². The molecule has 0 aliphatic carbocycles. The average molecular weight is 511 g/mol. The summed E-state index contributed by atoms with van der Waals surface area (Å²) in [6.45, 7) is 4.93. The molecule has 0 spiro atoms. The average Bonchev–Trinajstić information content (AvgIpc) is 3.59. The molecule has 0 unspecified atom stereocenters. The Morgan fingerprint density at radius 2 is 1.74 bits per heavy atom. The first-order valence-corrected chi connectivity index (χ1v) is 13.0. The molecule has 0 aromatic carbocycles. The van der Waals surface area contributed by atoms with Gasteiger partial charge in [-0.15, -0.1) is 0 Å². The van der Waals surface area contributed by atoms with E-state index in [-0.39, 0.29) is 5.92 Å².